The van der Waals surface area contributed by atoms with E-state index < -0.39 is 5.60 Å². The summed E-state index contributed by atoms with van der Waals surface area (Å²) in [6.07, 6.45) is 1.25. The third-order valence-electron chi connectivity index (χ3n) is 3.21. The smallest absolute Gasteiger partial charge is 0.410 e. The van der Waals surface area contributed by atoms with Crippen LogP contribution in [0.5, 0.6) is 0 Å². The van der Waals surface area contributed by atoms with E-state index in [1.807, 2.05) is 26.8 Å². The fraction of sp³-hybridized carbons (Fsp3) is 0.692. The monoisotopic (exact) mass is 277 g/mol. The molecule has 0 spiro atoms. The van der Waals surface area contributed by atoms with Crippen LogP contribution < -0.4 is 0 Å². The van der Waals surface area contributed by atoms with Crippen molar-refractivity contribution in [1.29, 1.82) is 5.26 Å². The molecule has 0 aliphatic carbocycles. The number of H-pyrrole nitrogens is 1. The molecule has 0 radical (unpaired) electrons. The van der Waals surface area contributed by atoms with Gasteiger partial charge in [0, 0.05) is 19.0 Å². The van der Waals surface area contributed by atoms with Gasteiger partial charge in [-0.25, -0.2) is 4.79 Å². The van der Waals surface area contributed by atoms with E-state index in [1.54, 1.807) is 4.90 Å². The van der Waals surface area contributed by atoms with Gasteiger partial charge in [0.1, 0.15) is 17.4 Å². The molecule has 1 aromatic heterocycles. The Hall–Kier alpha value is -2.10. The molecule has 1 aliphatic rings. The highest BCUT2D eigenvalue weighted by atomic mass is 16.6. The van der Waals surface area contributed by atoms with Gasteiger partial charge < -0.3 is 9.64 Å². The zero-order valence-corrected chi connectivity index (χ0v) is 12.0. The number of carbonyl (C=O) groups excluding carboxylic acids is 1. The number of nitriles is 1. The van der Waals surface area contributed by atoms with Gasteiger partial charge in [-0.2, -0.15) is 15.6 Å². The van der Waals surface area contributed by atoms with Gasteiger partial charge in [-0.3, -0.25) is 0 Å². The first-order valence-corrected chi connectivity index (χ1v) is 6.69. The van der Waals surface area contributed by atoms with E-state index >= 15 is 0 Å². The molecule has 7 heteroatoms. The van der Waals surface area contributed by atoms with Crippen molar-refractivity contribution in [3.63, 3.8) is 0 Å². The molecule has 1 aliphatic heterocycles. The molecule has 7 nitrogen and oxygen atoms in total. The molecule has 1 amide bonds. The van der Waals surface area contributed by atoms with Crippen LogP contribution in [0.15, 0.2) is 0 Å². The number of carbonyl (C=O) groups is 1. The molecule has 108 valence electrons. The van der Waals surface area contributed by atoms with Crippen LogP contribution in [-0.2, 0) is 4.74 Å². The van der Waals surface area contributed by atoms with E-state index in [9.17, 15) is 4.79 Å². The number of likely N-dealkylation sites (tertiary alicyclic amines) is 1. The molecular formula is C13H19N5O2. The second kappa shape index (κ2) is 5.49. The third-order valence-corrected chi connectivity index (χ3v) is 3.21. The first kappa shape index (κ1) is 14.3. The number of amides is 1. The second-order valence-electron chi connectivity index (χ2n) is 5.91. The second-order valence-corrected chi connectivity index (χ2v) is 5.91. The fourth-order valence-corrected chi connectivity index (χ4v) is 2.27. The molecule has 1 fully saturated rings. The lowest BCUT2D eigenvalue weighted by Crippen LogP contribution is -2.41. The van der Waals surface area contributed by atoms with Crippen molar-refractivity contribution in [3.8, 4) is 6.07 Å². The topological polar surface area (TPSA) is 94.9 Å². The molecule has 0 unspecified atom stereocenters. The summed E-state index contributed by atoms with van der Waals surface area (Å²) < 4.78 is 5.35. The number of hydrogen-bond acceptors (Lipinski definition) is 5. The minimum atomic E-state index is -0.478. The van der Waals surface area contributed by atoms with Gasteiger partial charge in [-0.05, 0) is 33.6 Å². The van der Waals surface area contributed by atoms with E-state index in [2.05, 4.69) is 15.4 Å². The van der Waals surface area contributed by atoms with Gasteiger partial charge in [-0.15, -0.1) is 5.10 Å². The van der Waals surface area contributed by atoms with Gasteiger partial charge in [0.15, 0.2) is 5.69 Å². The predicted octanol–water partition coefficient (Wildman–Crippen LogP) is 1.79. The standard InChI is InChI=1S/C13H19N5O2/c1-13(2,3)20-12(19)18-6-4-9(5-7-18)11-10(8-14)15-17-16-11/h9H,4-7H2,1-3H3,(H,15,16,17). The maximum atomic E-state index is 11.9. The zero-order chi connectivity index (χ0) is 14.8. The van der Waals surface area contributed by atoms with Crippen LogP contribution in [0.3, 0.4) is 0 Å². The Kier molecular flexibility index (Phi) is 3.93. The summed E-state index contributed by atoms with van der Waals surface area (Å²) in [5, 5.41) is 19.3. The molecule has 1 saturated heterocycles. The first-order chi connectivity index (χ1) is 9.40. The summed E-state index contributed by atoms with van der Waals surface area (Å²) >= 11 is 0. The van der Waals surface area contributed by atoms with Crippen LogP contribution >= 0.6 is 0 Å². The van der Waals surface area contributed by atoms with E-state index in [0.29, 0.717) is 24.5 Å². The predicted molar refractivity (Wildman–Crippen MR) is 70.9 cm³/mol. The van der Waals surface area contributed by atoms with Crippen molar-refractivity contribution in [2.24, 2.45) is 0 Å². The number of hydrogen-bond donors (Lipinski definition) is 1. The van der Waals surface area contributed by atoms with E-state index in [1.165, 1.54) is 0 Å². The number of rotatable bonds is 1. The van der Waals surface area contributed by atoms with Crippen molar-refractivity contribution in [1.82, 2.24) is 20.3 Å². The molecule has 1 N–H and O–H groups in total. The lowest BCUT2D eigenvalue weighted by molar-refractivity contribution is 0.0204. The highest BCUT2D eigenvalue weighted by Crippen LogP contribution is 2.28. The van der Waals surface area contributed by atoms with Crippen LogP contribution in [0, 0.1) is 11.3 Å². The number of nitrogens with one attached hydrogen (secondary N) is 1. The van der Waals surface area contributed by atoms with Crippen molar-refractivity contribution < 1.29 is 9.53 Å². The summed E-state index contributed by atoms with van der Waals surface area (Å²) in [6, 6.07) is 2.03. The average molecular weight is 277 g/mol. The lowest BCUT2D eigenvalue weighted by Gasteiger charge is -2.32. The largest absolute Gasteiger partial charge is 0.444 e. The van der Waals surface area contributed by atoms with E-state index in [-0.39, 0.29) is 12.0 Å². The van der Waals surface area contributed by atoms with Crippen LogP contribution in [-0.4, -0.2) is 45.1 Å². The molecule has 1 aromatic rings. The first-order valence-electron chi connectivity index (χ1n) is 6.69. The van der Waals surface area contributed by atoms with Gasteiger partial charge in [0.05, 0.1) is 0 Å². The average Bonchev–Trinajstić information content (AvgIpc) is 2.85. The number of ether oxygens (including phenoxy) is 1. The fourth-order valence-electron chi connectivity index (χ4n) is 2.27. The van der Waals surface area contributed by atoms with Crippen molar-refractivity contribution in [3.05, 3.63) is 11.4 Å². The van der Waals surface area contributed by atoms with E-state index in [0.717, 1.165) is 12.8 Å². The van der Waals surface area contributed by atoms with E-state index in [4.69, 9.17) is 10.00 Å². The SMILES string of the molecule is CC(C)(C)OC(=O)N1CCC(c2n[nH]nc2C#N)CC1. The van der Waals surface area contributed by atoms with Gasteiger partial charge in [0.25, 0.3) is 0 Å². The summed E-state index contributed by atoms with van der Waals surface area (Å²) in [6.45, 7) is 6.78. The summed E-state index contributed by atoms with van der Waals surface area (Å²) in [5.74, 6) is 0.169. The minimum Gasteiger partial charge on any atom is -0.444 e. The Bertz CT molecular complexity index is 518. The van der Waals surface area contributed by atoms with Crippen LogP contribution in [0.1, 0.15) is 50.9 Å². The quantitative estimate of drug-likeness (QED) is 0.844. The molecule has 0 atom stereocenters. The normalized spacial score (nSPS) is 16.8. The van der Waals surface area contributed by atoms with Gasteiger partial charge in [0.2, 0.25) is 0 Å². The molecule has 0 bridgehead atoms. The number of nitrogens with zero attached hydrogens (tertiary/aromatic N) is 4. The minimum absolute atomic E-state index is 0.169. The highest BCUT2D eigenvalue weighted by Gasteiger charge is 2.29. The zero-order valence-electron chi connectivity index (χ0n) is 12.0. The molecular weight excluding hydrogens is 258 g/mol. The summed E-state index contributed by atoms with van der Waals surface area (Å²) in [5.41, 5.74) is 0.575. The third kappa shape index (κ3) is 3.26. The Morgan fingerprint density at radius 3 is 2.60 bits per heavy atom. The summed E-state index contributed by atoms with van der Waals surface area (Å²) in [4.78, 5) is 13.6. The Labute approximate surface area is 117 Å². The Morgan fingerprint density at radius 2 is 2.05 bits per heavy atom. The Morgan fingerprint density at radius 1 is 1.40 bits per heavy atom. The van der Waals surface area contributed by atoms with Gasteiger partial charge >= 0.3 is 6.09 Å². The number of aromatic amines is 1. The highest BCUT2D eigenvalue weighted by molar-refractivity contribution is 5.68. The lowest BCUT2D eigenvalue weighted by atomic mass is 9.93. The molecule has 2 heterocycles. The van der Waals surface area contributed by atoms with Crippen LogP contribution in [0.4, 0.5) is 4.79 Å². The van der Waals surface area contributed by atoms with Crippen molar-refractivity contribution in [2.75, 3.05) is 13.1 Å². The van der Waals surface area contributed by atoms with Crippen molar-refractivity contribution >= 4 is 6.09 Å². The number of piperidine rings is 1. The Balaban J connectivity index is 1.93. The number of aromatic nitrogens is 3. The molecule has 0 aromatic carbocycles. The van der Waals surface area contributed by atoms with Gasteiger partial charge in [-0.1, -0.05) is 0 Å². The molecule has 0 saturated carbocycles. The molecule has 20 heavy (non-hydrogen) atoms. The molecule has 2 rings (SSSR count). The van der Waals surface area contributed by atoms with Crippen LogP contribution in [0.25, 0.3) is 0 Å². The maximum absolute atomic E-state index is 11.9. The summed E-state index contributed by atoms with van der Waals surface area (Å²) in [7, 11) is 0. The van der Waals surface area contributed by atoms with Crippen LogP contribution in [0.2, 0.25) is 0 Å². The maximum Gasteiger partial charge on any atom is 0.410 e. The van der Waals surface area contributed by atoms with Crippen molar-refractivity contribution in [2.45, 2.75) is 45.1 Å².